The fourth-order valence-electron chi connectivity index (χ4n) is 3.19. The van der Waals surface area contributed by atoms with Gasteiger partial charge in [-0.2, -0.15) is 5.10 Å². The van der Waals surface area contributed by atoms with Gasteiger partial charge >= 0.3 is 0 Å². The van der Waals surface area contributed by atoms with Crippen molar-refractivity contribution >= 4 is 17.5 Å². The fraction of sp³-hybridized carbons (Fsp3) is 0.389. The highest BCUT2D eigenvalue weighted by Crippen LogP contribution is 2.19. The molecule has 0 radical (unpaired) electrons. The quantitative estimate of drug-likeness (QED) is 0.554. The van der Waals surface area contributed by atoms with Crippen LogP contribution in [0.4, 0.5) is 5.69 Å². The lowest BCUT2D eigenvalue weighted by molar-refractivity contribution is -0.384. The number of carbonyl (C=O) groups excluding carboxylic acids is 2. The van der Waals surface area contributed by atoms with Gasteiger partial charge in [-0.25, -0.2) is 4.68 Å². The zero-order valence-electron chi connectivity index (χ0n) is 15.3. The van der Waals surface area contributed by atoms with Crippen LogP contribution in [0.2, 0.25) is 0 Å². The molecule has 10 nitrogen and oxygen atoms in total. The summed E-state index contributed by atoms with van der Waals surface area (Å²) in [5.74, 6) is -0.572. The largest absolute Gasteiger partial charge is 0.355 e. The summed E-state index contributed by atoms with van der Waals surface area (Å²) >= 11 is 0. The van der Waals surface area contributed by atoms with Crippen LogP contribution in [0.3, 0.4) is 0 Å². The maximum absolute atomic E-state index is 12.8. The van der Waals surface area contributed by atoms with Crippen molar-refractivity contribution < 1.29 is 14.5 Å². The number of hydrogen-bond donors (Lipinski definition) is 2. The van der Waals surface area contributed by atoms with E-state index in [0.717, 1.165) is 12.8 Å². The van der Waals surface area contributed by atoms with Crippen molar-refractivity contribution in [2.75, 3.05) is 26.2 Å². The molecule has 28 heavy (non-hydrogen) atoms. The average Bonchev–Trinajstić information content (AvgIpc) is 3.21. The summed E-state index contributed by atoms with van der Waals surface area (Å²) in [6, 6.07) is 7.50. The lowest BCUT2D eigenvalue weighted by Crippen LogP contribution is -2.46. The van der Waals surface area contributed by atoms with Crippen molar-refractivity contribution in [1.82, 2.24) is 20.0 Å². The Morgan fingerprint density at radius 1 is 1.29 bits per heavy atom. The van der Waals surface area contributed by atoms with Crippen LogP contribution in [0, 0.1) is 16.0 Å². The Balaban J connectivity index is 1.68. The number of nitro benzene ring substituents is 1. The number of nitrogens with one attached hydrogen (secondary N) is 1. The third-order valence-corrected chi connectivity index (χ3v) is 4.66. The minimum absolute atomic E-state index is 0.0144. The fourth-order valence-corrected chi connectivity index (χ4v) is 3.19. The van der Waals surface area contributed by atoms with Crippen molar-refractivity contribution in [2.45, 2.75) is 12.8 Å². The first-order valence-electron chi connectivity index (χ1n) is 9.07. The van der Waals surface area contributed by atoms with Crippen LogP contribution in [0.15, 0.2) is 36.5 Å². The van der Waals surface area contributed by atoms with Crippen LogP contribution in [0.5, 0.6) is 0 Å². The zero-order chi connectivity index (χ0) is 20.1. The SMILES string of the molecule is NCCNC(=O)C1CCCN(C(=O)c2ccn(-c3ccc([N+](=O)[O-])cc3)n2)C1. The number of non-ortho nitro benzene ring substituents is 1. The van der Waals surface area contributed by atoms with E-state index >= 15 is 0 Å². The minimum Gasteiger partial charge on any atom is -0.355 e. The van der Waals surface area contributed by atoms with Crippen LogP contribution < -0.4 is 11.1 Å². The second-order valence-corrected chi connectivity index (χ2v) is 6.59. The monoisotopic (exact) mass is 386 g/mol. The molecule has 1 atom stereocenters. The Morgan fingerprint density at radius 3 is 2.71 bits per heavy atom. The van der Waals surface area contributed by atoms with Crippen LogP contribution in [-0.4, -0.2) is 57.6 Å². The number of nitro groups is 1. The molecule has 1 saturated heterocycles. The highest BCUT2D eigenvalue weighted by Gasteiger charge is 2.29. The predicted octanol–water partition coefficient (Wildman–Crippen LogP) is 0.708. The molecule has 0 saturated carbocycles. The van der Waals surface area contributed by atoms with Gasteiger partial charge in [0.05, 0.1) is 16.5 Å². The summed E-state index contributed by atoms with van der Waals surface area (Å²) < 4.78 is 1.49. The minimum atomic E-state index is -0.474. The predicted molar refractivity (Wildman–Crippen MR) is 101 cm³/mol. The third-order valence-electron chi connectivity index (χ3n) is 4.66. The molecule has 10 heteroatoms. The number of benzene rings is 1. The van der Waals surface area contributed by atoms with E-state index in [-0.39, 0.29) is 29.1 Å². The smallest absolute Gasteiger partial charge is 0.274 e. The molecule has 1 aromatic heterocycles. The maximum Gasteiger partial charge on any atom is 0.274 e. The van der Waals surface area contributed by atoms with Gasteiger partial charge in [-0.05, 0) is 31.0 Å². The van der Waals surface area contributed by atoms with Gasteiger partial charge in [-0.15, -0.1) is 0 Å². The van der Waals surface area contributed by atoms with E-state index in [4.69, 9.17) is 5.73 Å². The molecule has 0 aliphatic carbocycles. The van der Waals surface area contributed by atoms with Crippen LogP contribution in [0.1, 0.15) is 23.3 Å². The first-order valence-corrected chi connectivity index (χ1v) is 9.07. The first-order chi connectivity index (χ1) is 13.5. The lowest BCUT2D eigenvalue weighted by atomic mass is 9.97. The highest BCUT2D eigenvalue weighted by atomic mass is 16.6. The number of amides is 2. The van der Waals surface area contributed by atoms with Gasteiger partial charge in [0.1, 0.15) is 0 Å². The molecule has 148 valence electrons. The molecule has 2 heterocycles. The van der Waals surface area contributed by atoms with Crippen LogP contribution in [-0.2, 0) is 4.79 Å². The van der Waals surface area contributed by atoms with E-state index in [1.165, 1.54) is 16.8 Å². The highest BCUT2D eigenvalue weighted by molar-refractivity contribution is 5.93. The number of nitrogens with two attached hydrogens (primary N) is 1. The summed E-state index contributed by atoms with van der Waals surface area (Å²) in [6.45, 7) is 1.72. The molecule has 1 unspecified atom stereocenters. The summed E-state index contributed by atoms with van der Waals surface area (Å²) in [6.07, 6.45) is 3.11. The topological polar surface area (TPSA) is 136 Å². The Labute approximate surface area is 161 Å². The van der Waals surface area contributed by atoms with Gasteiger partial charge in [0.15, 0.2) is 5.69 Å². The average molecular weight is 386 g/mol. The number of carbonyl (C=O) groups is 2. The molecule has 1 aliphatic rings. The van der Waals surface area contributed by atoms with Crippen molar-refractivity contribution in [1.29, 1.82) is 0 Å². The molecule has 0 spiro atoms. The van der Waals surface area contributed by atoms with Crippen molar-refractivity contribution in [3.63, 3.8) is 0 Å². The maximum atomic E-state index is 12.8. The Hall–Kier alpha value is -3.27. The van der Waals surface area contributed by atoms with E-state index in [2.05, 4.69) is 10.4 Å². The van der Waals surface area contributed by atoms with Crippen LogP contribution in [0.25, 0.3) is 5.69 Å². The number of aromatic nitrogens is 2. The summed E-state index contributed by atoms with van der Waals surface area (Å²) in [5, 5.41) is 17.8. The van der Waals surface area contributed by atoms with Crippen molar-refractivity contribution in [3.05, 3.63) is 52.3 Å². The van der Waals surface area contributed by atoms with E-state index in [1.54, 1.807) is 29.3 Å². The van der Waals surface area contributed by atoms with E-state index in [0.29, 0.717) is 31.9 Å². The molecule has 1 fully saturated rings. The standard InChI is InChI=1S/C18H22N6O4/c19-8-9-20-17(25)13-2-1-10-22(12-13)18(26)16-7-11-23(21-16)14-3-5-15(6-4-14)24(27)28/h3-7,11,13H,1-2,8-10,12,19H2,(H,20,25). The number of likely N-dealkylation sites (tertiary alicyclic amines) is 1. The van der Waals surface area contributed by atoms with Crippen molar-refractivity contribution in [2.24, 2.45) is 11.7 Å². The number of hydrogen-bond acceptors (Lipinski definition) is 6. The molecule has 0 bridgehead atoms. The Kier molecular flexibility index (Phi) is 5.99. The molecular formula is C18H22N6O4. The van der Waals surface area contributed by atoms with E-state index < -0.39 is 4.92 Å². The van der Waals surface area contributed by atoms with Gasteiger partial charge in [0, 0.05) is 44.5 Å². The van der Waals surface area contributed by atoms with E-state index in [9.17, 15) is 19.7 Å². The Bertz CT molecular complexity index is 863. The van der Waals surface area contributed by atoms with Gasteiger partial charge in [-0.3, -0.25) is 19.7 Å². The Morgan fingerprint density at radius 2 is 2.04 bits per heavy atom. The van der Waals surface area contributed by atoms with Crippen molar-refractivity contribution in [3.8, 4) is 5.69 Å². The second kappa shape index (κ2) is 8.61. The van der Waals surface area contributed by atoms with E-state index in [1.807, 2.05) is 0 Å². The van der Waals surface area contributed by atoms with Gasteiger partial charge in [0.25, 0.3) is 11.6 Å². The molecular weight excluding hydrogens is 364 g/mol. The molecule has 3 N–H and O–H groups in total. The number of piperidine rings is 1. The first kappa shape index (κ1) is 19.5. The molecule has 1 aromatic carbocycles. The van der Waals surface area contributed by atoms with Gasteiger partial charge in [0.2, 0.25) is 5.91 Å². The van der Waals surface area contributed by atoms with Gasteiger partial charge < -0.3 is 16.0 Å². The molecule has 1 aliphatic heterocycles. The second-order valence-electron chi connectivity index (χ2n) is 6.59. The number of rotatable bonds is 6. The molecule has 2 amide bonds. The summed E-state index contributed by atoms with van der Waals surface area (Å²) in [7, 11) is 0. The number of nitrogens with zero attached hydrogens (tertiary/aromatic N) is 4. The summed E-state index contributed by atoms with van der Waals surface area (Å²) in [5.41, 5.74) is 6.27. The van der Waals surface area contributed by atoms with Crippen LogP contribution >= 0.6 is 0 Å². The summed E-state index contributed by atoms with van der Waals surface area (Å²) in [4.78, 5) is 36.8. The lowest BCUT2D eigenvalue weighted by Gasteiger charge is -2.31. The van der Waals surface area contributed by atoms with Gasteiger partial charge in [-0.1, -0.05) is 0 Å². The molecule has 3 rings (SSSR count). The normalized spacial score (nSPS) is 16.6. The molecule has 2 aromatic rings. The third kappa shape index (κ3) is 4.34. The zero-order valence-corrected chi connectivity index (χ0v) is 15.3.